The van der Waals surface area contributed by atoms with Gasteiger partial charge in [0.05, 0.1) is 35.3 Å². The monoisotopic (exact) mass is 307 g/mol. The molecule has 3 aromatic rings. The van der Waals surface area contributed by atoms with E-state index >= 15 is 0 Å². The van der Waals surface area contributed by atoms with Gasteiger partial charge >= 0.3 is 5.97 Å². The van der Waals surface area contributed by atoms with E-state index in [2.05, 4.69) is 10.2 Å². The molecule has 0 radical (unpaired) electrons. The second-order valence-electron chi connectivity index (χ2n) is 4.97. The normalized spacial score (nSPS) is 10.5. The first-order valence-corrected chi connectivity index (χ1v) is 6.79. The smallest absolute Gasteiger partial charge is 0.357 e. The maximum atomic E-state index is 12.1. The molecular weight excluding hydrogens is 294 g/mol. The predicted molar refractivity (Wildman–Crippen MR) is 84.1 cm³/mol. The molecular formula is C16H13N5O2. The first kappa shape index (κ1) is 14.5. The first-order chi connectivity index (χ1) is 11.1. The van der Waals surface area contributed by atoms with Crippen LogP contribution in [0.2, 0.25) is 0 Å². The number of carbonyl (C=O) groups is 1. The summed E-state index contributed by atoms with van der Waals surface area (Å²) in [7, 11) is 1.27. The lowest BCUT2D eigenvalue weighted by molar-refractivity contribution is 0.0593. The lowest BCUT2D eigenvalue weighted by Crippen LogP contribution is -2.11. The van der Waals surface area contributed by atoms with E-state index in [9.17, 15) is 10.1 Å². The molecule has 2 heterocycles. The van der Waals surface area contributed by atoms with Gasteiger partial charge in [-0.3, -0.25) is 0 Å². The third kappa shape index (κ3) is 2.26. The fraction of sp³-hybridized carbons (Fsp3) is 0.125. The lowest BCUT2D eigenvalue weighted by Gasteiger charge is -2.11. The van der Waals surface area contributed by atoms with Crippen molar-refractivity contribution in [2.45, 2.75) is 6.92 Å². The minimum absolute atomic E-state index is 0.0927. The van der Waals surface area contributed by atoms with Gasteiger partial charge in [-0.2, -0.15) is 15.5 Å². The van der Waals surface area contributed by atoms with E-state index < -0.39 is 5.97 Å². The van der Waals surface area contributed by atoms with Crippen molar-refractivity contribution in [3.05, 3.63) is 47.4 Å². The summed E-state index contributed by atoms with van der Waals surface area (Å²) in [6, 6.07) is 9.28. The number of hydrogen-bond donors (Lipinski definition) is 1. The Balaban J connectivity index is 2.38. The maximum Gasteiger partial charge on any atom is 0.357 e. The van der Waals surface area contributed by atoms with E-state index in [0.717, 1.165) is 11.1 Å². The summed E-state index contributed by atoms with van der Waals surface area (Å²) in [5.74, 6) is -0.611. The van der Waals surface area contributed by atoms with Gasteiger partial charge in [-0.25, -0.2) is 4.79 Å². The number of nitrogens with two attached hydrogens (primary N) is 1. The molecule has 7 heteroatoms. The van der Waals surface area contributed by atoms with Crippen molar-refractivity contribution < 1.29 is 9.53 Å². The highest BCUT2D eigenvalue weighted by Gasteiger charge is 2.22. The van der Waals surface area contributed by atoms with Gasteiger partial charge in [0.25, 0.3) is 0 Å². The topological polar surface area (TPSA) is 107 Å². The van der Waals surface area contributed by atoms with E-state index in [1.165, 1.54) is 13.3 Å². The highest BCUT2D eigenvalue weighted by molar-refractivity contribution is 5.97. The Labute approximate surface area is 131 Å². The van der Waals surface area contributed by atoms with Crippen LogP contribution in [-0.2, 0) is 4.74 Å². The number of ether oxygens (including phenoxy) is 1. The fourth-order valence-corrected chi connectivity index (χ4v) is 2.46. The van der Waals surface area contributed by atoms with Crippen molar-refractivity contribution in [1.29, 1.82) is 5.26 Å². The van der Waals surface area contributed by atoms with Crippen molar-refractivity contribution in [2.75, 3.05) is 12.8 Å². The number of methoxy groups -OCH3 is 1. The summed E-state index contributed by atoms with van der Waals surface area (Å²) in [5, 5.41) is 18.2. The molecule has 0 atom stereocenters. The largest absolute Gasteiger partial charge is 0.464 e. The summed E-state index contributed by atoms with van der Waals surface area (Å²) < 4.78 is 6.35. The maximum absolute atomic E-state index is 12.1. The molecule has 0 amide bonds. The number of anilines is 1. The van der Waals surface area contributed by atoms with Crippen molar-refractivity contribution in [1.82, 2.24) is 14.8 Å². The molecule has 23 heavy (non-hydrogen) atoms. The lowest BCUT2D eigenvalue weighted by atomic mass is 10.1. The number of benzene rings is 1. The fourth-order valence-electron chi connectivity index (χ4n) is 2.46. The molecule has 1 aromatic carbocycles. The van der Waals surface area contributed by atoms with Crippen LogP contribution in [0.25, 0.3) is 16.6 Å². The van der Waals surface area contributed by atoms with Gasteiger partial charge in [-0.15, -0.1) is 0 Å². The number of hydrogen-bond acceptors (Lipinski definition) is 6. The van der Waals surface area contributed by atoms with Crippen molar-refractivity contribution >= 4 is 22.6 Å². The van der Waals surface area contributed by atoms with E-state index in [0.29, 0.717) is 11.2 Å². The van der Waals surface area contributed by atoms with Gasteiger partial charge in [-0.1, -0.05) is 6.07 Å². The summed E-state index contributed by atoms with van der Waals surface area (Å²) in [6.45, 7) is 1.83. The molecule has 7 nitrogen and oxygen atoms in total. The van der Waals surface area contributed by atoms with Crippen molar-refractivity contribution in [3.8, 4) is 11.8 Å². The van der Waals surface area contributed by atoms with Crippen molar-refractivity contribution in [3.63, 3.8) is 0 Å². The highest BCUT2D eigenvalue weighted by atomic mass is 16.5. The Morgan fingerprint density at radius 2 is 2.17 bits per heavy atom. The number of aryl methyl sites for hydroxylation is 1. The minimum atomic E-state index is -0.611. The molecule has 0 bridgehead atoms. The second-order valence-corrected chi connectivity index (χ2v) is 4.97. The van der Waals surface area contributed by atoms with Crippen LogP contribution in [0.1, 0.15) is 21.7 Å². The number of rotatable bonds is 2. The number of esters is 1. The molecule has 0 unspecified atom stereocenters. The van der Waals surface area contributed by atoms with Crippen LogP contribution in [0, 0.1) is 18.3 Å². The molecule has 2 aromatic heterocycles. The summed E-state index contributed by atoms with van der Waals surface area (Å²) in [4.78, 5) is 12.1. The molecule has 0 aliphatic heterocycles. The van der Waals surface area contributed by atoms with Gasteiger partial charge in [0, 0.05) is 11.6 Å². The van der Waals surface area contributed by atoms with Crippen LogP contribution in [0.15, 0.2) is 30.5 Å². The third-order valence-electron chi connectivity index (χ3n) is 3.53. The van der Waals surface area contributed by atoms with Gasteiger partial charge in [0.2, 0.25) is 0 Å². The Morgan fingerprint density at radius 1 is 1.39 bits per heavy atom. The summed E-state index contributed by atoms with van der Waals surface area (Å²) in [5.41, 5.74) is 8.44. The second kappa shape index (κ2) is 5.42. The molecule has 0 saturated carbocycles. The molecule has 0 aliphatic rings. The zero-order valence-corrected chi connectivity index (χ0v) is 12.6. The van der Waals surface area contributed by atoms with E-state index in [1.54, 1.807) is 10.6 Å². The average Bonchev–Trinajstić information content (AvgIpc) is 2.90. The van der Waals surface area contributed by atoms with Gasteiger partial charge in [-0.05, 0) is 25.1 Å². The number of carbonyl (C=O) groups excluding carboxylic acids is 1. The Bertz CT molecular complexity index is 968. The summed E-state index contributed by atoms with van der Waals surface area (Å²) in [6.07, 6.45) is 1.52. The van der Waals surface area contributed by atoms with Gasteiger partial charge in [0.15, 0.2) is 5.69 Å². The standard InChI is InChI=1S/C16H13N5O2/c1-9-6-11-12(20-19-9)4-3-5-13(11)21-8-10(7-17)14(18)15(21)16(22)23-2/h3-6,8H,18H2,1-2H3. The van der Waals surface area contributed by atoms with Gasteiger partial charge in [0.1, 0.15) is 6.07 Å². The minimum Gasteiger partial charge on any atom is -0.464 e. The van der Waals surface area contributed by atoms with E-state index in [1.807, 2.05) is 31.2 Å². The van der Waals surface area contributed by atoms with Crippen molar-refractivity contribution in [2.24, 2.45) is 0 Å². The van der Waals surface area contributed by atoms with Crippen LogP contribution < -0.4 is 5.73 Å². The van der Waals surface area contributed by atoms with Crippen LogP contribution in [0.4, 0.5) is 5.69 Å². The molecule has 0 fully saturated rings. The molecule has 0 saturated heterocycles. The van der Waals surface area contributed by atoms with Crippen LogP contribution in [0.5, 0.6) is 0 Å². The Hall–Kier alpha value is -3.40. The van der Waals surface area contributed by atoms with Crippen LogP contribution in [0.3, 0.4) is 0 Å². The van der Waals surface area contributed by atoms with E-state index in [-0.39, 0.29) is 16.9 Å². The summed E-state index contributed by atoms with van der Waals surface area (Å²) >= 11 is 0. The highest BCUT2D eigenvalue weighted by Crippen LogP contribution is 2.28. The zero-order valence-electron chi connectivity index (χ0n) is 12.6. The third-order valence-corrected chi connectivity index (χ3v) is 3.53. The number of nitrogen functional groups attached to an aromatic ring is 1. The first-order valence-electron chi connectivity index (χ1n) is 6.79. The SMILES string of the molecule is COC(=O)c1c(N)c(C#N)cn1-c1cccc2nnc(C)cc12. The Morgan fingerprint density at radius 3 is 2.87 bits per heavy atom. The van der Waals surface area contributed by atoms with Crippen LogP contribution in [-0.4, -0.2) is 27.8 Å². The number of aromatic nitrogens is 3. The van der Waals surface area contributed by atoms with Gasteiger partial charge < -0.3 is 15.0 Å². The Kier molecular flexibility index (Phi) is 3.43. The zero-order chi connectivity index (χ0) is 16.6. The molecule has 114 valence electrons. The molecule has 2 N–H and O–H groups in total. The molecule has 0 spiro atoms. The van der Waals surface area contributed by atoms with E-state index in [4.69, 9.17) is 10.5 Å². The number of nitrogens with zero attached hydrogens (tertiary/aromatic N) is 4. The predicted octanol–water partition coefficient (Wildman–Crippen LogP) is 1.97. The average molecular weight is 307 g/mol. The number of nitriles is 1. The molecule has 3 rings (SSSR count). The quantitative estimate of drug-likeness (QED) is 0.725. The number of fused-ring (bicyclic) bond motifs is 1. The van der Waals surface area contributed by atoms with Crippen LogP contribution >= 0.6 is 0 Å². The molecule has 0 aliphatic carbocycles.